The normalized spacial score (nSPS) is 13.1. The summed E-state index contributed by atoms with van der Waals surface area (Å²) in [6.45, 7) is 14.4. The van der Waals surface area contributed by atoms with Crippen LogP contribution in [0.3, 0.4) is 0 Å². The van der Waals surface area contributed by atoms with Crippen LogP contribution in [0.2, 0.25) is 16.6 Å². The Labute approximate surface area is 103 Å². The lowest BCUT2D eigenvalue weighted by Gasteiger charge is -2.44. The van der Waals surface area contributed by atoms with Gasteiger partial charge < -0.3 is 4.23 Å². The molecule has 0 spiro atoms. The number of hydrogen-bond donors (Lipinski definition) is 0. The second-order valence-electron chi connectivity index (χ2n) is 5.95. The van der Waals surface area contributed by atoms with E-state index in [2.05, 4.69) is 72.1 Å². The summed E-state index contributed by atoms with van der Waals surface area (Å²) in [7, 11) is 0.725. The summed E-state index contributed by atoms with van der Waals surface area (Å²) in [5.74, 6) is 0. The van der Waals surface area contributed by atoms with E-state index < -0.39 is 8.24 Å². The van der Waals surface area contributed by atoms with Gasteiger partial charge in [-0.15, -0.1) is 0 Å². The standard InChI is InChI=1S/C13H26BNSi/c1-10(2)16(11(3)4,12(5)6)15-8-7-13(14)9-15/h7-12H,14H2,1-6H3. The van der Waals surface area contributed by atoms with E-state index in [-0.39, 0.29) is 0 Å². The second-order valence-corrected chi connectivity index (χ2v) is 11.7. The van der Waals surface area contributed by atoms with Crippen LogP contribution >= 0.6 is 0 Å². The van der Waals surface area contributed by atoms with Gasteiger partial charge in [-0.05, 0) is 29.0 Å². The monoisotopic (exact) mass is 235 g/mol. The van der Waals surface area contributed by atoms with Crippen molar-refractivity contribution in [2.45, 2.75) is 58.2 Å². The molecule has 0 bridgehead atoms. The van der Waals surface area contributed by atoms with E-state index in [9.17, 15) is 0 Å². The molecule has 16 heavy (non-hydrogen) atoms. The van der Waals surface area contributed by atoms with Crippen LogP contribution in [0, 0.1) is 0 Å². The van der Waals surface area contributed by atoms with Crippen LogP contribution in [0.4, 0.5) is 0 Å². The summed E-state index contributed by atoms with van der Waals surface area (Å²) in [5, 5.41) is 0. The molecule has 0 saturated carbocycles. The van der Waals surface area contributed by atoms with Gasteiger partial charge in [0.15, 0.2) is 8.24 Å². The zero-order valence-electron chi connectivity index (χ0n) is 11.9. The molecule has 0 N–H and O–H groups in total. The van der Waals surface area contributed by atoms with Crippen molar-refractivity contribution in [3.63, 3.8) is 0 Å². The fraction of sp³-hybridized carbons (Fsp3) is 0.692. The molecule has 0 aromatic carbocycles. The van der Waals surface area contributed by atoms with Gasteiger partial charge in [-0.1, -0.05) is 53.1 Å². The van der Waals surface area contributed by atoms with Crippen molar-refractivity contribution in [1.29, 1.82) is 0 Å². The van der Waals surface area contributed by atoms with Gasteiger partial charge in [0.1, 0.15) is 7.85 Å². The summed E-state index contributed by atoms with van der Waals surface area (Å²) >= 11 is 0. The highest BCUT2D eigenvalue weighted by Gasteiger charge is 2.44. The van der Waals surface area contributed by atoms with Crippen molar-refractivity contribution in [3.8, 4) is 0 Å². The van der Waals surface area contributed by atoms with E-state index in [4.69, 9.17) is 0 Å². The highest BCUT2D eigenvalue weighted by Crippen LogP contribution is 2.42. The lowest BCUT2D eigenvalue weighted by Crippen LogP contribution is -2.51. The Hall–Kier alpha value is -0.438. The first-order chi connectivity index (χ1) is 7.33. The minimum absolute atomic E-state index is 0.777. The van der Waals surface area contributed by atoms with E-state index in [1.807, 2.05) is 0 Å². The van der Waals surface area contributed by atoms with Gasteiger partial charge in [-0.3, -0.25) is 0 Å². The SMILES string of the molecule is Bc1ccn([Si](C(C)C)(C(C)C)C(C)C)c1. The van der Waals surface area contributed by atoms with E-state index >= 15 is 0 Å². The molecule has 0 amide bonds. The van der Waals surface area contributed by atoms with Crippen molar-refractivity contribution in [2.24, 2.45) is 0 Å². The number of aromatic nitrogens is 1. The summed E-state index contributed by atoms with van der Waals surface area (Å²) in [6.07, 6.45) is 4.66. The molecule has 90 valence electrons. The van der Waals surface area contributed by atoms with Crippen LogP contribution < -0.4 is 5.46 Å². The molecule has 1 rings (SSSR count). The minimum atomic E-state index is -1.47. The molecule has 1 nitrogen and oxygen atoms in total. The van der Waals surface area contributed by atoms with Gasteiger partial charge in [0.05, 0.1) is 0 Å². The van der Waals surface area contributed by atoms with Crippen LogP contribution in [0.15, 0.2) is 18.5 Å². The number of nitrogens with zero attached hydrogens (tertiary/aromatic N) is 1. The number of hydrogen-bond acceptors (Lipinski definition) is 0. The lowest BCUT2D eigenvalue weighted by atomic mass is 10.0. The average Bonchev–Trinajstić information content (AvgIpc) is 2.50. The smallest absolute Gasteiger partial charge is 0.168 e. The highest BCUT2D eigenvalue weighted by atomic mass is 28.3. The molecule has 0 fully saturated rings. The predicted molar refractivity (Wildman–Crippen MR) is 79.1 cm³/mol. The fourth-order valence-corrected chi connectivity index (χ4v) is 10.2. The predicted octanol–water partition coefficient (Wildman–Crippen LogP) is 2.77. The van der Waals surface area contributed by atoms with Gasteiger partial charge in [0.25, 0.3) is 0 Å². The number of rotatable bonds is 4. The molecule has 1 aromatic heterocycles. The maximum atomic E-state index is 2.59. The van der Waals surface area contributed by atoms with Gasteiger partial charge >= 0.3 is 0 Å². The third kappa shape index (κ3) is 2.02. The quantitative estimate of drug-likeness (QED) is 0.707. The Bertz CT molecular complexity index is 320. The van der Waals surface area contributed by atoms with E-state index in [0.29, 0.717) is 0 Å². The van der Waals surface area contributed by atoms with Crippen molar-refractivity contribution >= 4 is 21.5 Å². The Morgan fingerprint density at radius 2 is 1.44 bits per heavy atom. The molecule has 1 aromatic rings. The van der Waals surface area contributed by atoms with Crippen molar-refractivity contribution in [3.05, 3.63) is 18.5 Å². The summed E-state index contributed by atoms with van der Waals surface area (Å²) in [4.78, 5) is 0. The molecule has 1 heterocycles. The first-order valence-corrected chi connectivity index (χ1v) is 8.66. The minimum Gasteiger partial charge on any atom is -0.380 e. The molecular weight excluding hydrogens is 209 g/mol. The van der Waals surface area contributed by atoms with Gasteiger partial charge in [0.2, 0.25) is 0 Å². The molecular formula is C13H26BNSi. The molecule has 0 aliphatic rings. The van der Waals surface area contributed by atoms with Gasteiger partial charge in [-0.25, -0.2) is 0 Å². The van der Waals surface area contributed by atoms with Crippen LogP contribution in [0.5, 0.6) is 0 Å². The summed E-state index contributed by atoms with van der Waals surface area (Å²) in [6, 6.07) is 2.24. The Morgan fingerprint density at radius 1 is 1.00 bits per heavy atom. The van der Waals surface area contributed by atoms with Crippen LogP contribution in [-0.4, -0.2) is 20.3 Å². The molecule has 0 saturated heterocycles. The van der Waals surface area contributed by atoms with Gasteiger partial charge in [-0.2, -0.15) is 0 Å². The van der Waals surface area contributed by atoms with Crippen molar-refractivity contribution in [1.82, 2.24) is 4.23 Å². The zero-order chi connectivity index (χ0) is 12.5. The largest absolute Gasteiger partial charge is 0.380 e. The zero-order valence-corrected chi connectivity index (χ0v) is 12.9. The first-order valence-electron chi connectivity index (χ1n) is 6.48. The molecule has 0 atom stereocenters. The third-order valence-corrected chi connectivity index (χ3v) is 10.8. The maximum absolute atomic E-state index is 2.59. The van der Waals surface area contributed by atoms with Crippen molar-refractivity contribution < 1.29 is 0 Å². The first kappa shape index (κ1) is 13.6. The highest BCUT2D eigenvalue weighted by molar-refractivity contribution is 6.82. The van der Waals surface area contributed by atoms with E-state index in [1.165, 1.54) is 5.46 Å². The second kappa shape index (κ2) is 4.82. The Morgan fingerprint density at radius 3 is 1.69 bits per heavy atom. The van der Waals surface area contributed by atoms with Gasteiger partial charge in [0, 0.05) is 0 Å². The third-order valence-electron chi connectivity index (χ3n) is 4.06. The van der Waals surface area contributed by atoms with Crippen LogP contribution in [-0.2, 0) is 0 Å². The molecule has 3 heteroatoms. The molecule has 0 aliphatic carbocycles. The molecule has 0 unspecified atom stereocenters. The Kier molecular flexibility index (Phi) is 4.11. The molecule has 0 radical (unpaired) electrons. The summed E-state index contributed by atoms with van der Waals surface area (Å²) < 4.78 is 2.59. The average molecular weight is 235 g/mol. The lowest BCUT2D eigenvalue weighted by molar-refractivity contribution is 0.766. The molecule has 0 aliphatic heterocycles. The topological polar surface area (TPSA) is 4.93 Å². The Balaban J connectivity index is 3.33. The van der Waals surface area contributed by atoms with Crippen molar-refractivity contribution in [2.75, 3.05) is 0 Å². The van der Waals surface area contributed by atoms with E-state index in [1.54, 1.807) is 0 Å². The van der Waals surface area contributed by atoms with Crippen LogP contribution in [0.1, 0.15) is 41.5 Å². The maximum Gasteiger partial charge on any atom is 0.168 e. The summed E-state index contributed by atoms with van der Waals surface area (Å²) in [5.41, 5.74) is 3.72. The fourth-order valence-electron chi connectivity index (χ4n) is 3.64. The van der Waals surface area contributed by atoms with E-state index in [0.717, 1.165) is 16.6 Å². The van der Waals surface area contributed by atoms with Crippen LogP contribution in [0.25, 0.3) is 0 Å².